The molecule has 0 aromatic carbocycles. The lowest BCUT2D eigenvalue weighted by Crippen LogP contribution is -2.33. The van der Waals surface area contributed by atoms with Crippen molar-refractivity contribution in [1.29, 1.82) is 0 Å². The van der Waals surface area contributed by atoms with Crippen LogP contribution in [0.3, 0.4) is 0 Å². The molecule has 1 N–H and O–H groups in total. The average molecular weight is 140 g/mol. The second kappa shape index (κ2) is 2.50. The molecule has 3 nitrogen and oxygen atoms in total. The van der Waals surface area contributed by atoms with Crippen molar-refractivity contribution in [3.8, 4) is 0 Å². The third-order valence-electron chi connectivity index (χ3n) is 1.80. The van der Waals surface area contributed by atoms with Crippen molar-refractivity contribution >= 4 is 0 Å². The van der Waals surface area contributed by atoms with Crippen molar-refractivity contribution < 1.29 is 4.74 Å². The number of hydrogen-bond acceptors (Lipinski definition) is 3. The van der Waals surface area contributed by atoms with E-state index < -0.39 is 0 Å². The molecule has 1 unspecified atom stereocenters. The average Bonchev–Trinajstić information content (AvgIpc) is 2.74. The van der Waals surface area contributed by atoms with Gasteiger partial charge in [0.1, 0.15) is 6.10 Å². The highest BCUT2D eigenvalue weighted by Gasteiger charge is 2.22. The van der Waals surface area contributed by atoms with Gasteiger partial charge in [0.05, 0.1) is 12.8 Å². The predicted molar refractivity (Wildman–Crippen MR) is 38.5 cm³/mol. The third kappa shape index (κ3) is 1.42. The van der Waals surface area contributed by atoms with Crippen LogP contribution in [0.25, 0.3) is 0 Å². The van der Waals surface area contributed by atoms with Crippen molar-refractivity contribution in [2.24, 2.45) is 0 Å². The predicted octanol–water partition coefficient (Wildman–Crippen LogP) is -0.238. The van der Waals surface area contributed by atoms with Crippen molar-refractivity contribution in [2.45, 2.75) is 6.10 Å². The molecule has 0 spiro atoms. The fourth-order valence-electron chi connectivity index (χ4n) is 1.09. The summed E-state index contributed by atoms with van der Waals surface area (Å²) >= 11 is 0. The molecule has 2 heterocycles. The van der Waals surface area contributed by atoms with Crippen LogP contribution < -0.4 is 5.32 Å². The molecular formula is C7H12N2O. The van der Waals surface area contributed by atoms with Crippen molar-refractivity contribution in [3.05, 3.63) is 12.5 Å². The summed E-state index contributed by atoms with van der Waals surface area (Å²) in [5, 5.41) is 3.14. The fraction of sp³-hybridized carbons (Fsp3) is 0.714. The van der Waals surface area contributed by atoms with Gasteiger partial charge in [-0.15, -0.1) is 0 Å². The zero-order valence-electron chi connectivity index (χ0n) is 5.92. The summed E-state index contributed by atoms with van der Waals surface area (Å²) in [7, 11) is 0. The lowest BCUT2D eigenvalue weighted by atomic mass is 10.3. The van der Waals surface area contributed by atoms with Gasteiger partial charge in [0.2, 0.25) is 0 Å². The first kappa shape index (κ1) is 6.04. The summed E-state index contributed by atoms with van der Waals surface area (Å²) in [5.41, 5.74) is 0. The minimum Gasteiger partial charge on any atom is -0.493 e. The maximum atomic E-state index is 5.34. The van der Waals surface area contributed by atoms with Gasteiger partial charge in [-0.2, -0.15) is 0 Å². The van der Waals surface area contributed by atoms with Crippen LogP contribution in [0.4, 0.5) is 0 Å². The van der Waals surface area contributed by atoms with Gasteiger partial charge in [-0.05, 0) is 0 Å². The van der Waals surface area contributed by atoms with Crippen LogP contribution >= 0.6 is 0 Å². The van der Waals surface area contributed by atoms with Crippen LogP contribution in [0.5, 0.6) is 0 Å². The maximum Gasteiger partial charge on any atom is 0.128 e. The monoisotopic (exact) mass is 140 g/mol. The van der Waals surface area contributed by atoms with Crippen LogP contribution in [0.15, 0.2) is 12.5 Å². The minimum atomic E-state index is 0.368. The number of rotatable bonds is 2. The van der Waals surface area contributed by atoms with E-state index in [1.807, 2.05) is 6.20 Å². The van der Waals surface area contributed by atoms with Crippen molar-refractivity contribution in [3.63, 3.8) is 0 Å². The van der Waals surface area contributed by atoms with Crippen LogP contribution in [0, 0.1) is 0 Å². The maximum absolute atomic E-state index is 5.34. The Morgan fingerprint density at radius 2 is 2.50 bits per heavy atom. The first-order valence-corrected chi connectivity index (χ1v) is 3.71. The zero-order valence-corrected chi connectivity index (χ0v) is 5.92. The van der Waals surface area contributed by atoms with Gasteiger partial charge in [-0.25, -0.2) is 0 Å². The fourth-order valence-corrected chi connectivity index (χ4v) is 1.09. The highest BCUT2D eigenvalue weighted by molar-refractivity contribution is 4.85. The van der Waals surface area contributed by atoms with Gasteiger partial charge < -0.3 is 10.1 Å². The quantitative estimate of drug-likeness (QED) is 0.536. The van der Waals surface area contributed by atoms with Crippen molar-refractivity contribution in [2.75, 3.05) is 26.2 Å². The Labute approximate surface area is 60.7 Å². The van der Waals surface area contributed by atoms with E-state index in [4.69, 9.17) is 4.74 Å². The molecule has 56 valence electrons. The Bertz CT molecular complexity index is 143. The topological polar surface area (TPSA) is 24.3 Å². The van der Waals surface area contributed by atoms with E-state index in [1.54, 1.807) is 6.26 Å². The molecule has 0 bridgehead atoms. The Morgan fingerprint density at radius 3 is 3.10 bits per heavy atom. The van der Waals surface area contributed by atoms with E-state index in [0.29, 0.717) is 6.10 Å². The Kier molecular flexibility index (Phi) is 1.51. The summed E-state index contributed by atoms with van der Waals surface area (Å²) in [6, 6.07) is 0. The standard InChI is InChI=1S/C7H12N2O/c1-4-10-7(5-8-1)6-9-2-3-9/h1,4,7-8H,2-3,5-6H2. The van der Waals surface area contributed by atoms with Crippen LogP contribution in [0.2, 0.25) is 0 Å². The SMILES string of the molecule is C1=COC(CN2CC2)CN1. The Hall–Kier alpha value is -0.700. The molecule has 1 saturated heterocycles. The van der Waals surface area contributed by atoms with E-state index in [9.17, 15) is 0 Å². The molecule has 0 saturated carbocycles. The number of nitrogens with one attached hydrogen (secondary N) is 1. The number of ether oxygens (including phenoxy) is 1. The molecule has 0 radical (unpaired) electrons. The number of hydrogen-bond donors (Lipinski definition) is 1. The smallest absolute Gasteiger partial charge is 0.128 e. The van der Waals surface area contributed by atoms with Crippen molar-refractivity contribution in [1.82, 2.24) is 10.2 Å². The molecule has 2 aliphatic heterocycles. The first-order chi connectivity index (χ1) is 4.95. The molecule has 10 heavy (non-hydrogen) atoms. The van der Waals surface area contributed by atoms with Crippen LogP contribution in [0.1, 0.15) is 0 Å². The second-order valence-electron chi connectivity index (χ2n) is 2.77. The minimum absolute atomic E-state index is 0.368. The normalized spacial score (nSPS) is 31.0. The zero-order chi connectivity index (χ0) is 6.81. The van der Waals surface area contributed by atoms with Gasteiger partial charge in [0, 0.05) is 25.8 Å². The van der Waals surface area contributed by atoms with Crippen LogP contribution in [-0.4, -0.2) is 37.2 Å². The van der Waals surface area contributed by atoms with E-state index >= 15 is 0 Å². The molecule has 2 rings (SSSR count). The summed E-state index contributed by atoms with van der Waals surface area (Å²) in [6.45, 7) is 4.54. The second-order valence-corrected chi connectivity index (χ2v) is 2.77. The van der Waals surface area contributed by atoms with Gasteiger partial charge in [-0.3, -0.25) is 4.90 Å². The number of nitrogens with zero attached hydrogens (tertiary/aromatic N) is 1. The summed E-state index contributed by atoms with van der Waals surface area (Å²) in [6.07, 6.45) is 3.95. The molecular weight excluding hydrogens is 128 g/mol. The Morgan fingerprint density at radius 1 is 1.60 bits per heavy atom. The summed E-state index contributed by atoms with van der Waals surface area (Å²) in [4.78, 5) is 2.37. The Balaban J connectivity index is 1.75. The van der Waals surface area contributed by atoms with Gasteiger partial charge in [-0.1, -0.05) is 0 Å². The summed E-state index contributed by atoms with van der Waals surface area (Å²) in [5.74, 6) is 0. The molecule has 1 atom stereocenters. The molecule has 2 aliphatic rings. The third-order valence-corrected chi connectivity index (χ3v) is 1.80. The molecule has 0 aromatic rings. The molecule has 0 aliphatic carbocycles. The van der Waals surface area contributed by atoms with Crippen LogP contribution in [-0.2, 0) is 4.74 Å². The van der Waals surface area contributed by atoms with Gasteiger partial charge >= 0.3 is 0 Å². The lowest BCUT2D eigenvalue weighted by molar-refractivity contribution is 0.116. The molecule has 0 aromatic heterocycles. The lowest BCUT2D eigenvalue weighted by Gasteiger charge is -2.20. The van der Waals surface area contributed by atoms with E-state index in [-0.39, 0.29) is 0 Å². The molecule has 0 amide bonds. The van der Waals surface area contributed by atoms with E-state index in [1.165, 1.54) is 13.1 Å². The largest absolute Gasteiger partial charge is 0.493 e. The first-order valence-electron chi connectivity index (χ1n) is 3.71. The summed E-state index contributed by atoms with van der Waals surface area (Å²) < 4.78 is 5.34. The molecule has 3 heteroatoms. The highest BCUT2D eigenvalue weighted by atomic mass is 16.5. The van der Waals surface area contributed by atoms with E-state index in [0.717, 1.165) is 13.1 Å². The highest BCUT2D eigenvalue weighted by Crippen LogP contribution is 2.07. The van der Waals surface area contributed by atoms with E-state index in [2.05, 4.69) is 10.2 Å². The van der Waals surface area contributed by atoms with Gasteiger partial charge in [0.15, 0.2) is 0 Å². The molecule has 1 fully saturated rings. The van der Waals surface area contributed by atoms with Gasteiger partial charge in [0.25, 0.3) is 0 Å².